The van der Waals surface area contributed by atoms with Crippen LogP contribution >= 0.6 is 0 Å². The van der Waals surface area contributed by atoms with E-state index in [1.807, 2.05) is 11.6 Å². The number of rotatable bonds is 5. The molecule has 216 valence electrons. The molecule has 1 aromatic carbocycles. The van der Waals surface area contributed by atoms with E-state index in [1.165, 1.54) is 16.7 Å². The fourth-order valence-corrected chi connectivity index (χ4v) is 7.33. The third-order valence-electron chi connectivity index (χ3n) is 9.77. The van der Waals surface area contributed by atoms with Crippen molar-refractivity contribution in [1.82, 2.24) is 14.0 Å². The van der Waals surface area contributed by atoms with E-state index in [2.05, 4.69) is 4.90 Å². The minimum absolute atomic E-state index is 0.0103. The number of benzene rings is 1. The minimum atomic E-state index is -1.98. The molecule has 0 spiro atoms. The summed E-state index contributed by atoms with van der Waals surface area (Å²) in [5, 5.41) is 21.4. The Hall–Kier alpha value is -3.34. The SMILES string of the molecule is CC[C@@]1(O)C(=O)OCc2c1cc1n(c2=O)Cc2c-1c(=O)c1cc(F)cc(CN(C3CCC(O)CC3)C3CC3)c1n2C. The first kappa shape index (κ1) is 26.6. The van der Waals surface area contributed by atoms with E-state index >= 15 is 4.39 Å². The number of hydrogen-bond donors (Lipinski definition) is 2. The summed E-state index contributed by atoms with van der Waals surface area (Å²) in [5.74, 6) is -1.32. The second-order valence-electron chi connectivity index (χ2n) is 12.1. The Balaban J connectivity index is 1.39. The van der Waals surface area contributed by atoms with Gasteiger partial charge in [0.05, 0.1) is 40.7 Å². The number of halogens is 1. The van der Waals surface area contributed by atoms with Gasteiger partial charge in [-0.15, -0.1) is 0 Å². The highest BCUT2D eigenvalue weighted by Gasteiger charge is 2.45. The Morgan fingerprint density at radius 3 is 2.41 bits per heavy atom. The number of fused-ring (bicyclic) bond motifs is 5. The predicted octanol–water partition coefficient (Wildman–Crippen LogP) is 2.79. The highest BCUT2D eigenvalue weighted by molar-refractivity contribution is 5.89. The maximum absolute atomic E-state index is 15.2. The Labute approximate surface area is 235 Å². The van der Waals surface area contributed by atoms with Gasteiger partial charge < -0.3 is 24.1 Å². The zero-order valence-electron chi connectivity index (χ0n) is 23.3. The van der Waals surface area contributed by atoms with Gasteiger partial charge >= 0.3 is 5.97 Å². The third-order valence-corrected chi connectivity index (χ3v) is 9.77. The maximum atomic E-state index is 15.2. The summed E-state index contributed by atoms with van der Waals surface area (Å²) in [6, 6.07) is 5.05. The van der Waals surface area contributed by atoms with E-state index in [0.717, 1.165) is 44.1 Å². The number of ether oxygens (including phenoxy) is 1. The van der Waals surface area contributed by atoms with Crippen molar-refractivity contribution in [3.8, 4) is 11.3 Å². The third kappa shape index (κ3) is 3.94. The largest absolute Gasteiger partial charge is 0.458 e. The summed E-state index contributed by atoms with van der Waals surface area (Å²) in [5.41, 5.74) is 0.198. The molecule has 2 fully saturated rings. The minimum Gasteiger partial charge on any atom is -0.458 e. The van der Waals surface area contributed by atoms with Crippen LogP contribution in [0.1, 0.15) is 74.3 Å². The van der Waals surface area contributed by atoms with Gasteiger partial charge in [-0.05, 0) is 68.7 Å². The standard InChI is InChI=1S/C31H34FN3O6/c1-3-31(40)23-12-24-26-25(14-35(24)29(38)22(23)15-41-30(31)39)33(2)27-16(10-17(32)11-21(27)28(26)37)13-34(18-4-5-18)19-6-8-20(36)9-7-19/h10-12,18-20,36,40H,3-9,13-15H2,1-2H3/t19?,20?,31-/m0/s1. The second-order valence-corrected chi connectivity index (χ2v) is 12.1. The monoisotopic (exact) mass is 563 g/mol. The normalized spacial score (nSPS) is 25.3. The molecule has 2 aliphatic carbocycles. The highest BCUT2D eigenvalue weighted by atomic mass is 19.1. The number of cyclic esters (lactones) is 1. The first-order chi connectivity index (χ1) is 19.6. The summed E-state index contributed by atoms with van der Waals surface area (Å²) in [7, 11) is 1.84. The average molecular weight is 564 g/mol. The van der Waals surface area contributed by atoms with Crippen LogP contribution in [0, 0.1) is 5.82 Å². The molecule has 7 rings (SSSR count). The van der Waals surface area contributed by atoms with Crippen LogP contribution in [0.5, 0.6) is 0 Å². The van der Waals surface area contributed by atoms with Gasteiger partial charge in [-0.3, -0.25) is 14.5 Å². The lowest BCUT2D eigenvalue weighted by Gasteiger charge is -2.36. The van der Waals surface area contributed by atoms with Gasteiger partial charge in [0.1, 0.15) is 12.4 Å². The molecule has 2 N–H and O–H groups in total. The van der Waals surface area contributed by atoms with Crippen molar-refractivity contribution in [3.05, 3.63) is 67.0 Å². The smallest absolute Gasteiger partial charge is 0.343 e. The van der Waals surface area contributed by atoms with Crippen LogP contribution in [0.3, 0.4) is 0 Å². The molecule has 4 heterocycles. The molecule has 1 atom stereocenters. The fourth-order valence-electron chi connectivity index (χ4n) is 7.33. The molecule has 0 saturated heterocycles. The van der Waals surface area contributed by atoms with Gasteiger partial charge in [-0.2, -0.15) is 0 Å². The van der Waals surface area contributed by atoms with Gasteiger partial charge in [-0.25, -0.2) is 9.18 Å². The van der Waals surface area contributed by atoms with Crippen molar-refractivity contribution < 1.29 is 24.1 Å². The molecule has 4 aliphatic rings. The van der Waals surface area contributed by atoms with Gasteiger partial charge in [0.2, 0.25) is 0 Å². The lowest BCUT2D eigenvalue weighted by atomic mass is 9.85. The van der Waals surface area contributed by atoms with Crippen LogP contribution in [0.2, 0.25) is 0 Å². The van der Waals surface area contributed by atoms with Crippen molar-refractivity contribution in [2.24, 2.45) is 7.05 Å². The summed E-state index contributed by atoms with van der Waals surface area (Å²) in [6.07, 6.45) is 5.20. The molecule has 41 heavy (non-hydrogen) atoms. The van der Waals surface area contributed by atoms with Gasteiger partial charge in [0.25, 0.3) is 5.56 Å². The average Bonchev–Trinajstić information content (AvgIpc) is 3.72. The van der Waals surface area contributed by atoms with E-state index in [4.69, 9.17) is 4.74 Å². The molecular formula is C31H34FN3O6. The summed E-state index contributed by atoms with van der Waals surface area (Å²) < 4.78 is 23.7. The van der Waals surface area contributed by atoms with Crippen LogP contribution in [-0.4, -0.2) is 48.4 Å². The van der Waals surface area contributed by atoms with Crippen molar-refractivity contribution >= 4 is 16.9 Å². The number of nitrogens with zero attached hydrogens (tertiary/aromatic N) is 3. The lowest BCUT2D eigenvalue weighted by Crippen LogP contribution is -2.44. The fraction of sp³-hybridized carbons (Fsp3) is 0.516. The van der Waals surface area contributed by atoms with Crippen molar-refractivity contribution in [2.45, 2.75) is 95.4 Å². The number of hydrogen-bond acceptors (Lipinski definition) is 7. The van der Waals surface area contributed by atoms with Crippen LogP contribution in [0.25, 0.3) is 22.2 Å². The number of aryl methyl sites for hydroxylation is 1. The van der Waals surface area contributed by atoms with Crippen LogP contribution < -0.4 is 11.0 Å². The molecule has 10 heteroatoms. The summed E-state index contributed by atoms with van der Waals surface area (Å²) in [6.45, 7) is 2.03. The Morgan fingerprint density at radius 2 is 1.76 bits per heavy atom. The number of aromatic nitrogens is 2. The van der Waals surface area contributed by atoms with Gasteiger partial charge in [-0.1, -0.05) is 6.92 Å². The molecule has 0 amide bonds. The van der Waals surface area contributed by atoms with E-state index < -0.39 is 22.9 Å². The van der Waals surface area contributed by atoms with Gasteiger partial charge in [0.15, 0.2) is 11.0 Å². The molecule has 0 radical (unpaired) electrons. The Kier molecular flexibility index (Phi) is 6.05. The molecule has 3 aromatic rings. The number of pyridine rings is 2. The second kappa shape index (κ2) is 9.34. The van der Waals surface area contributed by atoms with E-state index in [-0.39, 0.29) is 53.2 Å². The summed E-state index contributed by atoms with van der Waals surface area (Å²) >= 11 is 0. The highest BCUT2D eigenvalue weighted by Crippen LogP contribution is 2.40. The zero-order chi connectivity index (χ0) is 28.8. The van der Waals surface area contributed by atoms with Crippen LogP contribution in [-0.2, 0) is 41.9 Å². The molecule has 2 aliphatic heterocycles. The van der Waals surface area contributed by atoms with E-state index in [1.54, 1.807) is 13.0 Å². The molecule has 9 nitrogen and oxygen atoms in total. The zero-order valence-corrected chi connectivity index (χ0v) is 23.3. The summed E-state index contributed by atoms with van der Waals surface area (Å²) in [4.78, 5) is 42.6. The molecular weight excluding hydrogens is 529 g/mol. The molecule has 0 unspecified atom stereocenters. The number of carbonyl (C=O) groups is 1. The number of carbonyl (C=O) groups excluding carboxylic acids is 1. The number of esters is 1. The first-order valence-corrected chi connectivity index (χ1v) is 14.6. The maximum Gasteiger partial charge on any atom is 0.343 e. The van der Waals surface area contributed by atoms with Crippen LogP contribution in [0.4, 0.5) is 4.39 Å². The van der Waals surface area contributed by atoms with E-state index in [9.17, 15) is 24.6 Å². The van der Waals surface area contributed by atoms with Crippen molar-refractivity contribution in [1.29, 1.82) is 0 Å². The number of aliphatic hydroxyl groups is 2. The van der Waals surface area contributed by atoms with Crippen molar-refractivity contribution in [2.75, 3.05) is 0 Å². The van der Waals surface area contributed by atoms with Crippen LogP contribution in [0.15, 0.2) is 27.8 Å². The molecule has 2 saturated carbocycles. The lowest BCUT2D eigenvalue weighted by molar-refractivity contribution is -0.172. The van der Waals surface area contributed by atoms with Gasteiger partial charge in [0, 0.05) is 36.6 Å². The molecule has 2 aromatic heterocycles. The Bertz CT molecular complexity index is 1730. The molecule has 0 bridgehead atoms. The topological polar surface area (TPSA) is 114 Å². The Morgan fingerprint density at radius 1 is 1.07 bits per heavy atom. The quantitative estimate of drug-likeness (QED) is 0.359. The first-order valence-electron chi connectivity index (χ1n) is 14.6. The van der Waals surface area contributed by atoms with Crippen molar-refractivity contribution in [3.63, 3.8) is 0 Å². The van der Waals surface area contributed by atoms with E-state index in [0.29, 0.717) is 35.5 Å². The predicted molar refractivity (Wildman–Crippen MR) is 149 cm³/mol. The number of aliphatic hydroxyl groups excluding tert-OH is 1.